The maximum absolute atomic E-state index is 12.4. The molecule has 140 valence electrons. The summed E-state index contributed by atoms with van der Waals surface area (Å²) in [4.78, 5) is 40.7. The summed E-state index contributed by atoms with van der Waals surface area (Å²) in [6.45, 7) is 4.80. The number of piperidine rings is 1. The van der Waals surface area contributed by atoms with Gasteiger partial charge in [-0.2, -0.15) is 0 Å². The van der Waals surface area contributed by atoms with E-state index in [0.29, 0.717) is 31.5 Å². The highest BCUT2D eigenvalue weighted by molar-refractivity contribution is 5.97. The summed E-state index contributed by atoms with van der Waals surface area (Å²) in [5.41, 5.74) is 1.48. The Morgan fingerprint density at radius 1 is 1.00 bits per heavy atom. The molecule has 1 N–H and O–H groups in total. The van der Waals surface area contributed by atoms with Crippen molar-refractivity contribution in [3.05, 3.63) is 35.4 Å². The van der Waals surface area contributed by atoms with Crippen LogP contribution in [0.2, 0.25) is 0 Å². The molecule has 3 amide bonds. The maximum atomic E-state index is 12.4. The number of nitrogens with zero attached hydrogens (tertiary/aromatic N) is 2. The molecule has 3 rings (SSSR count). The minimum Gasteiger partial charge on any atom is -0.343 e. The number of hydrogen-bond donors (Lipinski definition) is 1. The zero-order valence-corrected chi connectivity index (χ0v) is 15.4. The van der Waals surface area contributed by atoms with E-state index in [4.69, 9.17) is 0 Å². The highest BCUT2D eigenvalue weighted by Gasteiger charge is 2.31. The number of aryl methyl sites for hydroxylation is 1. The normalized spacial score (nSPS) is 18.0. The molecule has 0 aromatic heterocycles. The van der Waals surface area contributed by atoms with Crippen molar-refractivity contribution in [1.29, 1.82) is 0 Å². The number of carbonyl (C=O) groups excluding carboxylic acids is 3. The third-order valence-corrected chi connectivity index (χ3v) is 5.40. The summed E-state index contributed by atoms with van der Waals surface area (Å²) in [5, 5.41) is 2.71. The molecular weight excluding hydrogens is 330 g/mol. The molecule has 0 spiro atoms. The summed E-state index contributed by atoms with van der Waals surface area (Å²) in [6.07, 6.45) is 3.63. The van der Waals surface area contributed by atoms with Gasteiger partial charge in [-0.15, -0.1) is 0 Å². The molecule has 2 fully saturated rings. The van der Waals surface area contributed by atoms with Crippen molar-refractivity contribution in [2.45, 2.75) is 32.6 Å². The Kier molecular flexibility index (Phi) is 5.91. The molecule has 6 heteroatoms. The summed E-state index contributed by atoms with van der Waals surface area (Å²) < 4.78 is 0. The van der Waals surface area contributed by atoms with Crippen molar-refractivity contribution in [1.82, 2.24) is 15.1 Å². The predicted octanol–water partition coefficient (Wildman–Crippen LogP) is 1.59. The smallest absolute Gasteiger partial charge is 0.251 e. The van der Waals surface area contributed by atoms with Crippen molar-refractivity contribution in [3.63, 3.8) is 0 Å². The lowest BCUT2D eigenvalue weighted by molar-refractivity contribution is -0.139. The molecule has 0 atom stereocenters. The first kappa shape index (κ1) is 18.4. The van der Waals surface area contributed by atoms with Crippen LogP contribution < -0.4 is 5.32 Å². The Morgan fingerprint density at radius 2 is 1.65 bits per heavy atom. The molecule has 0 saturated carbocycles. The second-order valence-corrected chi connectivity index (χ2v) is 7.19. The molecule has 2 aliphatic rings. The third-order valence-electron chi connectivity index (χ3n) is 5.40. The lowest BCUT2D eigenvalue weighted by Crippen LogP contribution is -2.46. The van der Waals surface area contributed by atoms with E-state index < -0.39 is 0 Å². The lowest BCUT2D eigenvalue weighted by Gasteiger charge is -2.33. The van der Waals surface area contributed by atoms with Gasteiger partial charge in [0.1, 0.15) is 0 Å². The largest absolute Gasteiger partial charge is 0.343 e. The van der Waals surface area contributed by atoms with Crippen LogP contribution in [0, 0.1) is 12.8 Å². The van der Waals surface area contributed by atoms with Gasteiger partial charge < -0.3 is 15.1 Å². The fourth-order valence-electron chi connectivity index (χ4n) is 3.76. The quantitative estimate of drug-likeness (QED) is 0.890. The lowest BCUT2D eigenvalue weighted by atomic mass is 9.95. The first-order valence-corrected chi connectivity index (χ1v) is 9.46. The Morgan fingerprint density at radius 3 is 2.31 bits per heavy atom. The van der Waals surface area contributed by atoms with Crippen LogP contribution in [-0.4, -0.2) is 60.2 Å². The van der Waals surface area contributed by atoms with E-state index in [0.717, 1.165) is 31.5 Å². The van der Waals surface area contributed by atoms with Gasteiger partial charge in [0.05, 0.1) is 6.54 Å². The van der Waals surface area contributed by atoms with Crippen molar-refractivity contribution in [3.8, 4) is 0 Å². The molecule has 1 aromatic carbocycles. The molecule has 6 nitrogen and oxygen atoms in total. The Bertz CT molecular complexity index is 675. The van der Waals surface area contributed by atoms with Crippen LogP contribution in [0.1, 0.15) is 41.6 Å². The fraction of sp³-hybridized carbons (Fsp3) is 0.550. The Balaban J connectivity index is 1.44. The van der Waals surface area contributed by atoms with Gasteiger partial charge in [0.2, 0.25) is 11.8 Å². The van der Waals surface area contributed by atoms with Crippen molar-refractivity contribution in [2.75, 3.05) is 32.7 Å². The molecule has 0 unspecified atom stereocenters. The van der Waals surface area contributed by atoms with E-state index >= 15 is 0 Å². The minimum absolute atomic E-state index is 0.00208. The maximum Gasteiger partial charge on any atom is 0.251 e. The van der Waals surface area contributed by atoms with Gasteiger partial charge >= 0.3 is 0 Å². The zero-order valence-electron chi connectivity index (χ0n) is 15.4. The SMILES string of the molecule is Cc1ccccc1C(=O)NCC(=O)N1CCC(C(=O)N2CCCC2)CC1. The average Bonchev–Trinajstić information content (AvgIpc) is 3.20. The summed E-state index contributed by atoms with van der Waals surface area (Å²) in [5.74, 6) is -0.0179. The molecule has 1 aromatic rings. The van der Waals surface area contributed by atoms with Crippen LogP contribution in [-0.2, 0) is 9.59 Å². The van der Waals surface area contributed by atoms with Gasteiger partial charge in [0.15, 0.2) is 0 Å². The number of amides is 3. The van der Waals surface area contributed by atoms with E-state index in [9.17, 15) is 14.4 Å². The van der Waals surface area contributed by atoms with E-state index in [1.165, 1.54) is 0 Å². The molecular formula is C20H27N3O3. The van der Waals surface area contributed by atoms with E-state index in [1.807, 2.05) is 30.0 Å². The fourth-order valence-corrected chi connectivity index (χ4v) is 3.76. The molecule has 2 aliphatic heterocycles. The number of nitrogens with one attached hydrogen (secondary N) is 1. The zero-order chi connectivity index (χ0) is 18.5. The van der Waals surface area contributed by atoms with E-state index in [1.54, 1.807) is 11.0 Å². The summed E-state index contributed by atoms with van der Waals surface area (Å²) in [7, 11) is 0. The van der Waals surface area contributed by atoms with Crippen LogP contribution in [0.5, 0.6) is 0 Å². The van der Waals surface area contributed by atoms with Gasteiger partial charge in [0, 0.05) is 37.7 Å². The van der Waals surface area contributed by atoms with Crippen LogP contribution in [0.3, 0.4) is 0 Å². The second-order valence-electron chi connectivity index (χ2n) is 7.19. The molecule has 0 bridgehead atoms. The number of likely N-dealkylation sites (tertiary alicyclic amines) is 2. The predicted molar refractivity (Wildman–Crippen MR) is 98.6 cm³/mol. The molecule has 2 heterocycles. The average molecular weight is 357 g/mol. The van der Waals surface area contributed by atoms with Crippen molar-refractivity contribution >= 4 is 17.7 Å². The molecule has 0 aliphatic carbocycles. The standard InChI is InChI=1S/C20H27N3O3/c1-15-6-2-3-7-17(15)19(25)21-14-18(24)22-12-8-16(9-13-22)20(26)23-10-4-5-11-23/h2-3,6-7,16H,4-5,8-14H2,1H3,(H,21,25). The number of hydrogen-bond acceptors (Lipinski definition) is 3. The van der Waals surface area contributed by atoms with Crippen LogP contribution in [0.15, 0.2) is 24.3 Å². The number of carbonyl (C=O) groups is 3. The van der Waals surface area contributed by atoms with Crippen LogP contribution in [0.4, 0.5) is 0 Å². The van der Waals surface area contributed by atoms with Crippen LogP contribution >= 0.6 is 0 Å². The van der Waals surface area contributed by atoms with Crippen molar-refractivity contribution < 1.29 is 14.4 Å². The van der Waals surface area contributed by atoms with Crippen molar-refractivity contribution in [2.24, 2.45) is 5.92 Å². The minimum atomic E-state index is -0.226. The number of rotatable bonds is 4. The van der Waals surface area contributed by atoms with E-state index in [2.05, 4.69) is 5.32 Å². The van der Waals surface area contributed by atoms with Gasteiger partial charge in [-0.25, -0.2) is 0 Å². The molecule has 0 radical (unpaired) electrons. The highest BCUT2D eigenvalue weighted by Crippen LogP contribution is 2.22. The van der Waals surface area contributed by atoms with Crippen LogP contribution in [0.25, 0.3) is 0 Å². The summed E-state index contributed by atoms with van der Waals surface area (Å²) in [6, 6.07) is 7.32. The molecule has 26 heavy (non-hydrogen) atoms. The highest BCUT2D eigenvalue weighted by atomic mass is 16.2. The Hall–Kier alpha value is -2.37. The van der Waals surface area contributed by atoms with Gasteiger partial charge in [-0.05, 0) is 44.2 Å². The first-order valence-electron chi connectivity index (χ1n) is 9.46. The second kappa shape index (κ2) is 8.34. The van der Waals surface area contributed by atoms with Gasteiger partial charge in [-0.1, -0.05) is 18.2 Å². The molecule has 2 saturated heterocycles. The topological polar surface area (TPSA) is 69.7 Å². The Labute approximate surface area is 154 Å². The van der Waals surface area contributed by atoms with Gasteiger partial charge in [0.25, 0.3) is 5.91 Å². The van der Waals surface area contributed by atoms with E-state index in [-0.39, 0.29) is 30.2 Å². The number of benzene rings is 1. The first-order chi connectivity index (χ1) is 12.6. The van der Waals surface area contributed by atoms with Gasteiger partial charge in [-0.3, -0.25) is 14.4 Å². The monoisotopic (exact) mass is 357 g/mol. The third kappa shape index (κ3) is 4.23. The summed E-state index contributed by atoms with van der Waals surface area (Å²) >= 11 is 0.